The molecular weight excluding hydrogens is 430 g/mol. The van der Waals surface area contributed by atoms with Crippen LogP contribution in [0.15, 0.2) is 108 Å². The van der Waals surface area contributed by atoms with Gasteiger partial charge >= 0.3 is 0 Å². The first-order valence-electron chi connectivity index (χ1n) is 11.2. The van der Waals surface area contributed by atoms with Crippen molar-refractivity contribution in [2.24, 2.45) is 0 Å². The number of benzene rings is 3. The number of allylic oxidation sites excluding steroid dienone is 2. The summed E-state index contributed by atoms with van der Waals surface area (Å²) in [5.41, 5.74) is 2.80. The van der Waals surface area contributed by atoms with Gasteiger partial charge in [0.2, 0.25) is 10.0 Å². The van der Waals surface area contributed by atoms with Crippen LogP contribution in [0.2, 0.25) is 0 Å². The molecule has 5 heteroatoms. The van der Waals surface area contributed by atoms with Crippen molar-refractivity contribution in [3.05, 3.63) is 120 Å². The number of sulfonamides is 1. The van der Waals surface area contributed by atoms with Crippen molar-refractivity contribution in [2.75, 3.05) is 6.54 Å². The fourth-order valence-corrected chi connectivity index (χ4v) is 6.47. The largest absolute Gasteiger partial charge is 0.489 e. The van der Waals surface area contributed by atoms with Crippen LogP contribution in [0.1, 0.15) is 23.1 Å². The molecule has 1 aliphatic carbocycles. The van der Waals surface area contributed by atoms with Gasteiger partial charge in [0.05, 0.1) is 10.9 Å². The van der Waals surface area contributed by atoms with E-state index in [2.05, 4.69) is 18.2 Å². The number of ether oxygens (including phenoxy) is 1. The summed E-state index contributed by atoms with van der Waals surface area (Å²) in [4.78, 5) is 0.340. The van der Waals surface area contributed by atoms with E-state index in [4.69, 9.17) is 4.74 Å². The van der Waals surface area contributed by atoms with Crippen molar-refractivity contribution < 1.29 is 13.2 Å². The first kappa shape index (κ1) is 21.7. The van der Waals surface area contributed by atoms with E-state index in [-0.39, 0.29) is 6.04 Å². The Labute approximate surface area is 195 Å². The first-order valence-corrected chi connectivity index (χ1v) is 12.6. The number of hydrogen-bond acceptors (Lipinski definition) is 3. The van der Waals surface area contributed by atoms with Gasteiger partial charge in [-0.3, -0.25) is 0 Å². The van der Waals surface area contributed by atoms with Crippen LogP contribution in [0.5, 0.6) is 5.75 Å². The summed E-state index contributed by atoms with van der Waals surface area (Å²) in [7, 11) is -3.61. The van der Waals surface area contributed by atoms with Crippen LogP contribution in [0.3, 0.4) is 0 Å². The lowest BCUT2D eigenvalue weighted by atomic mass is 9.72. The van der Waals surface area contributed by atoms with Crippen LogP contribution in [0.4, 0.5) is 0 Å². The second-order valence-corrected chi connectivity index (χ2v) is 10.6. The van der Waals surface area contributed by atoms with Crippen LogP contribution < -0.4 is 4.74 Å². The van der Waals surface area contributed by atoms with Crippen LogP contribution in [-0.2, 0) is 22.0 Å². The Morgan fingerprint density at radius 2 is 1.76 bits per heavy atom. The molecule has 0 unspecified atom stereocenters. The quantitative estimate of drug-likeness (QED) is 0.498. The van der Waals surface area contributed by atoms with Crippen LogP contribution in [0, 0.1) is 6.92 Å². The fraction of sp³-hybridized carbons (Fsp3) is 0.214. The lowest BCUT2D eigenvalue weighted by Crippen LogP contribution is -2.43. The van der Waals surface area contributed by atoms with Crippen LogP contribution in [0.25, 0.3) is 0 Å². The molecule has 5 rings (SSSR count). The summed E-state index contributed by atoms with van der Waals surface area (Å²) in [6.07, 6.45) is 8.85. The predicted octanol–water partition coefficient (Wildman–Crippen LogP) is 5.40. The van der Waals surface area contributed by atoms with E-state index in [1.807, 2.05) is 79.7 Å². The molecule has 1 aliphatic heterocycles. The molecule has 0 N–H and O–H groups in total. The SMILES string of the molecule is Cc1ccc(S(=O)(=O)N2CC[C@@]3(c4cccc(OCc5ccccc5)c4)C=CC=C[C@@H]23)cc1. The number of fused-ring (bicyclic) bond motifs is 1. The van der Waals surface area contributed by atoms with E-state index in [1.54, 1.807) is 16.4 Å². The molecule has 0 bridgehead atoms. The van der Waals surface area contributed by atoms with Gasteiger partial charge in [0.1, 0.15) is 12.4 Å². The molecule has 0 spiro atoms. The molecule has 2 atom stereocenters. The molecule has 0 amide bonds. The average molecular weight is 458 g/mol. The highest BCUT2D eigenvalue weighted by Gasteiger charge is 2.50. The van der Waals surface area contributed by atoms with Crippen LogP contribution in [-0.4, -0.2) is 25.3 Å². The Balaban J connectivity index is 1.45. The third-order valence-electron chi connectivity index (χ3n) is 6.63. The van der Waals surface area contributed by atoms with E-state index in [9.17, 15) is 8.42 Å². The molecule has 3 aromatic carbocycles. The van der Waals surface area contributed by atoms with Gasteiger partial charge in [0.15, 0.2) is 0 Å². The molecule has 0 aromatic heterocycles. The predicted molar refractivity (Wildman–Crippen MR) is 131 cm³/mol. The number of aryl methyl sites for hydroxylation is 1. The van der Waals surface area contributed by atoms with E-state index in [0.29, 0.717) is 24.5 Å². The summed E-state index contributed by atoms with van der Waals surface area (Å²) in [5.74, 6) is 0.785. The zero-order chi connectivity index (χ0) is 22.9. The molecular formula is C28H27NO3S. The summed E-state index contributed by atoms with van der Waals surface area (Å²) >= 11 is 0. The maximum Gasteiger partial charge on any atom is 0.243 e. The van der Waals surface area contributed by atoms with Crippen LogP contribution >= 0.6 is 0 Å². The monoisotopic (exact) mass is 457 g/mol. The normalized spacial score (nSPS) is 22.3. The second kappa shape index (κ2) is 8.65. The van der Waals surface area contributed by atoms with Gasteiger partial charge in [-0.2, -0.15) is 4.31 Å². The number of rotatable bonds is 6. The first-order chi connectivity index (χ1) is 16.0. The summed E-state index contributed by atoms with van der Waals surface area (Å²) in [6, 6.07) is 25.0. The van der Waals surface area contributed by atoms with Gasteiger partial charge < -0.3 is 4.74 Å². The minimum Gasteiger partial charge on any atom is -0.489 e. The minimum absolute atomic E-state index is 0.279. The van der Waals surface area contributed by atoms with Crippen molar-refractivity contribution in [3.8, 4) is 5.75 Å². The molecule has 1 heterocycles. The third kappa shape index (κ3) is 4.03. The Morgan fingerprint density at radius 1 is 0.970 bits per heavy atom. The lowest BCUT2D eigenvalue weighted by Gasteiger charge is -2.36. The van der Waals surface area contributed by atoms with Gasteiger partial charge in [0.25, 0.3) is 0 Å². The van der Waals surface area contributed by atoms with Gasteiger partial charge in [0, 0.05) is 12.0 Å². The standard InChI is InChI=1S/C28H27NO3S/c1-22-13-15-26(16-14-22)33(30,31)29-19-18-28(17-6-5-12-27(28)29)24-10-7-11-25(20-24)32-21-23-8-3-2-4-9-23/h2-17,20,27H,18-19,21H2,1H3/t27-,28-/m1/s1. The van der Waals surface area contributed by atoms with Gasteiger partial charge in [-0.25, -0.2) is 8.42 Å². The van der Waals surface area contributed by atoms with Crippen molar-refractivity contribution in [1.82, 2.24) is 4.31 Å². The molecule has 4 nitrogen and oxygen atoms in total. The zero-order valence-electron chi connectivity index (χ0n) is 18.6. The highest BCUT2D eigenvalue weighted by atomic mass is 32.2. The van der Waals surface area contributed by atoms with Gasteiger partial charge in [-0.05, 0) is 48.7 Å². The molecule has 2 aliphatic rings. The smallest absolute Gasteiger partial charge is 0.243 e. The maximum absolute atomic E-state index is 13.5. The Kier molecular flexibility index (Phi) is 5.69. The maximum atomic E-state index is 13.5. The molecule has 33 heavy (non-hydrogen) atoms. The number of hydrogen-bond donors (Lipinski definition) is 0. The minimum atomic E-state index is -3.61. The molecule has 168 valence electrons. The van der Waals surface area contributed by atoms with Crippen molar-refractivity contribution in [3.63, 3.8) is 0 Å². The average Bonchev–Trinajstić information content (AvgIpc) is 3.26. The zero-order valence-corrected chi connectivity index (χ0v) is 19.4. The second-order valence-electron chi connectivity index (χ2n) is 8.71. The highest BCUT2D eigenvalue weighted by Crippen LogP contribution is 2.46. The fourth-order valence-electron chi connectivity index (χ4n) is 4.83. The molecule has 0 saturated carbocycles. The molecule has 3 aromatic rings. The Bertz CT molecular complexity index is 1300. The van der Waals surface area contributed by atoms with Crippen molar-refractivity contribution in [2.45, 2.75) is 36.3 Å². The van der Waals surface area contributed by atoms with E-state index >= 15 is 0 Å². The van der Waals surface area contributed by atoms with E-state index in [0.717, 1.165) is 22.4 Å². The summed E-state index contributed by atoms with van der Waals surface area (Å²) in [6.45, 7) is 2.91. The Morgan fingerprint density at radius 3 is 2.55 bits per heavy atom. The van der Waals surface area contributed by atoms with Crippen molar-refractivity contribution in [1.29, 1.82) is 0 Å². The number of nitrogens with zero attached hydrogens (tertiary/aromatic N) is 1. The van der Waals surface area contributed by atoms with E-state index < -0.39 is 15.4 Å². The molecule has 0 radical (unpaired) electrons. The van der Waals surface area contributed by atoms with Crippen molar-refractivity contribution >= 4 is 10.0 Å². The molecule has 1 saturated heterocycles. The van der Waals surface area contributed by atoms with E-state index in [1.165, 1.54) is 0 Å². The van der Waals surface area contributed by atoms with Gasteiger partial charge in [-0.1, -0.05) is 84.5 Å². The molecule has 1 fully saturated rings. The topological polar surface area (TPSA) is 46.6 Å². The third-order valence-corrected chi connectivity index (χ3v) is 8.52. The summed E-state index contributed by atoms with van der Waals surface area (Å²) in [5, 5.41) is 0. The summed E-state index contributed by atoms with van der Waals surface area (Å²) < 4.78 is 34.8. The van der Waals surface area contributed by atoms with Gasteiger partial charge in [-0.15, -0.1) is 0 Å². The Hall–Kier alpha value is -3.15. The highest BCUT2D eigenvalue weighted by molar-refractivity contribution is 7.89. The lowest BCUT2D eigenvalue weighted by molar-refractivity contribution is 0.305.